The molecular weight excluding hydrogens is 186 g/mol. The standard InChI is InChI=1S/C12H19N3/c1-13-7-10-3-2-6-15-11(10)8-14-12(15)9-4-5-9/h8-10,13H,2-7H2,1H3. The number of imidazole rings is 1. The van der Waals surface area contributed by atoms with Crippen molar-refractivity contribution in [1.29, 1.82) is 0 Å². The first kappa shape index (κ1) is 9.40. The van der Waals surface area contributed by atoms with Crippen molar-refractivity contribution < 1.29 is 0 Å². The Morgan fingerprint density at radius 2 is 2.33 bits per heavy atom. The Hall–Kier alpha value is -0.830. The molecule has 1 aromatic heterocycles. The number of hydrogen-bond acceptors (Lipinski definition) is 2. The SMILES string of the molecule is CNCC1CCCn2c1cnc2C1CC1. The highest BCUT2D eigenvalue weighted by atomic mass is 15.1. The zero-order chi connectivity index (χ0) is 10.3. The number of nitrogens with one attached hydrogen (secondary N) is 1. The van der Waals surface area contributed by atoms with Crippen LogP contribution >= 0.6 is 0 Å². The summed E-state index contributed by atoms with van der Waals surface area (Å²) in [6.07, 6.45) is 7.46. The average molecular weight is 205 g/mol. The topological polar surface area (TPSA) is 29.9 Å². The summed E-state index contributed by atoms with van der Waals surface area (Å²) in [5.41, 5.74) is 1.47. The highest BCUT2D eigenvalue weighted by Crippen LogP contribution is 2.41. The van der Waals surface area contributed by atoms with Crippen molar-refractivity contribution in [3.8, 4) is 0 Å². The van der Waals surface area contributed by atoms with Gasteiger partial charge >= 0.3 is 0 Å². The normalized spacial score (nSPS) is 25.3. The molecule has 0 amide bonds. The third-order valence-corrected chi connectivity index (χ3v) is 3.66. The van der Waals surface area contributed by atoms with Gasteiger partial charge in [-0.25, -0.2) is 4.98 Å². The van der Waals surface area contributed by atoms with E-state index in [0.29, 0.717) is 5.92 Å². The van der Waals surface area contributed by atoms with E-state index < -0.39 is 0 Å². The van der Waals surface area contributed by atoms with E-state index in [0.717, 1.165) is 12.5 Å². The van der Waals surface area contributed by atoms with Crippen molar-refractivity contribution in [3.05, 3.63) is 17.7 Å². The molecule has 1 atom stereocenters. The molecule has 1 unspecified atom stereocenters. The molecule has 0 aromatic carbocycles. The molecule has 1 aliphatic carbocycles. The molecule has 1 fully saturated rings. The summed E-state index contributed by atoms with van der Waals surface area (Å²) in [5.74, 6) is 2.83. The largest absolute Gasteiger partial charge is 0.331 e. The summed E-state index contributed by atoms with van der Waals surface area (Å²) in [6, 6.07) is 0. The Kier molecular flexibility index (Phi) is 2.28. The van der Waals surface area contributed by atoms with E-state index in [4.69, 9.17) is 0 Å². The summed E-state index contributed by atoms with van der Waals surface area (Å²) < 4.78 is 2.49. The van der Waals surface area contributed by atoms with E-state index in [1.165, 1.54) is 43.7 Å². The summed E-state index contributed by atoms with van der Waals surface area (Å²) in [6.45, 7) is 2.29. The van der Waals surface area contributed by atoms with Gasteiger partial charge in [0.2, 0.25) is 0 Å². The van der Waals surface area contributed by atoms with Gasteiger partial charge in [-0.15, -0.1) is 0 Å². The van der Waals surface area contributed by atoms with Crippen LogP contribution in [0.2, 0.25) is 0 Å². The fourth-order valence-corrected chi connectivity index (χ4v) is 2.74. The molecule has 3 heteroatoms. The number of aromatic nitrogens is 2. The van der Waals surface area contributed by atoms with Gasteiger partial charge in [-0.1, -0.05) is 0 Å². The smallest absolute Gasteiger partial charge is 0.111 e. The lowest BCUT2D eigenvalue weighted by molar-refractivity contribution is 0.434. The molecule has 2 heterocycles. The minimum Gasteiger partial charge on any atom is -0.331 e. The van der Waals surface area contributed by atoms with Crippen molar-refractivity contribution in [3.63, 3.8) is 0 Å². The van der Waals surface area contributed by atoms with Gasteiger partial charge in [0.15, 0.2) is 0 Å². The van der Waals surface area contributed by atoms with E-state index in [-0.39, 0.29) is 0 Å². The van der Waals surface area contributed by atoms with Crippen molar-refractivity contribution in [2.75, 3.05) is 13.6 Å². The molecule has 1 saturated carbocycles. The van der Waals surface area contributed by atoms with E-state index in [1.807, 2.05) is 7.05 Å². The highest BCUT2D eigenvalue weighted by Gasteiger charge is 2.31. The lowest BCUT2D eigenvalue weighted by atomic mass is 9.96. The fourth-order valence-electron chi connectivity index (χ4n) is 2.74. The van der Waals surface area contributed by atoms with Gasteiger partial charge in [-0.3, -0.25) is 0 Å². The van der Waals surface area contributed by atoms with Gasteiger partial charge in [-0.05, 0) is 32.7 Å². The second kappa shape index (κ2) is 3.63. The third kappa shape index (κ3) is 1.59. The zero-order valence-corrected chi connectivity index (χ0v) is 9.37. The monoisotopic (exact) mass is 205 g/mol. The third-order valence-electron chi connectivity index (χ3n) is 3.66. The molecule has 0 spiro atoms. The summed E-state index contributed by atoms with van der Waals surface area (Å²) in [7, 11) is 2.04. The van der Waals surface area contributed by atoms with Crippen LogP contribution in [0, 0.1) is 0 Å². The van der Waals surface area contributed by atoms with Crippen LogP contribution in [0.4, 0.5) is 0 Å². The predicted octanol–water partition coefficient (Wildman–Crippen LogP) is 1.86. The molecule has 0 bridgehead atoms. The van der Waals surface area contributed by atoms with Gasteiger partial charge in [0.25, 0.3) is 0 Å². The molecule has 82 valence electrons. The summed E-state index contributed by atoms with van der Waals surface area (Å²) in [5, 5.41) is 3.29. The predicted molar refractivity (Wildman–Crippen MR) is 60.1 cm³/mol. The second-order valence-corrected chi connectivity index (χ2v) is 4.86. The summed E-state index contributed by atoms with van der Waals surface area (Å²) in [4.78, 5) is 4.63. The highest BCUT2D eigenvalue weighted by molar-refractivity contribution is 5.18. The van der Waals surface area contributed by atoms with Crippen molar-refractivity contribution in [2.24, 2.45) is 0 Å². The molecule has 1 N–H and O–H groups in total. The van der Waals surface area contributed by atoms with E-state index >= 15 is 0 Å². The molecule has 1 aromatic rings. The van der Waals surface area contributed by atoms with Crippen LogP contribution in [0.1, 0.15) is 49.0 Å². The first-order valence-electron chi connectivity index (χ1n) is 6.10. The Morgan fingerprint density at radius 3 is 3.07 bits per heavy atom. The Labute approximate surface area is 90.9 Å². The minimum absolute atomic E-state index is 0.684. The maximum absolute atomic E-state index is 4.63. The van der Waals surface area contributed by atoms with Crippen molar-refractivity contribution in [2.45, 2.75) is 44.1 Å². The van der Waals surface area contributed by atoms with Gasteiger partial charge in [0.05, 0.1) is 0 Å². The number of nitrogens with zero attached hydrogens (tertiary/aromatic N) is 2. The molecule has 0 saturated heterocycles. The van der Waals surface area contributed by atoms with Crippen molar-refractivity contribution in [1.82, 2.24) is 14.9 Å². The van der Waals surface area contributed by atoms with Gasteiger partial charge in [-0.2, -0.15) is 0 Å². The first-order valence-corrected chi connectivity index (χ1v) is 6.10. The first-order chi connectivity index (χ1) is 7.40. The van der Waals surface area contributed by atoms with E-state index in [2.05, 4.69) is 21.1 Å². The Morgan fingerprint density at radius 1 is 1.47 bits per heavy atom. The molecule has 2 aliphatic rings. The number of fused-ring (bicyclic) bond motifs is 1. The van der Waals surface area contributed by atoms with Crippen LogP contribution in [0.5, 0.6) is 0 Å². The molecular formula is C12H19N3. The number of likely N-dealkylation sites (N-methyl/N-ethyl adjacent to an activating group) is 1. The molecule has 3 rings (SSSR count). The van der Waals surface area contributed by atoms with Gasteiger partial charge in [0.1, 0.15) is 5.82 Å². The van der Waals surface area contributed by atoms with Crippen LogP contribution in [0.15, 0.2) is 6.20 Å². The molecule has 3 nitrogen and oxygen atoms in total. The Balaban J connectivity index is 1.91. The molecule has 0 radical (unpaired) electrons. The lowest BCUT2D eigenvalue weighted by Crippen LogP contribution is -2.24. The fraction of sp³-hybridized carbons (Fsp3) is 0.750. The minimum atomic E-state index is 0.684. The number of rotatable bonds is 3. The second-order valence-electron chi connectivity index (χ2n) is 4.86. The number of hydrogen-bond donors (Lipinski definition) is 1. The van der Waals surface area contributed by atoms with Crippen LogP contribution in [-0.2, 0) is 6.54 Å². The molecule has 15 heavy (non-hydrogen) atoms. The zero-order valence-electron chi connectivity index (χ0n) is 9.37. The molecule has 1 aliphatic heterocycles. The van der Waals surface area contributed by atoms with E-state index in [9.17, 15) is 0 Å². The maximum Gasteiger partial charge on any atom is 0.111 e. The van der Waals surface area contributed by atoms with Crippen LogP contribution in [-0.4, -0.2) is 23.1 Å². The van der Waals surface area contributed by atoms with Crippen molar-refractivity contribution >= 4 is 0 Å². The lowest BCUT2D eigenvalue weighted by Gasteiger charge is -2.25. The maximum atomic E-state index is 4.63. The average Bonchev–Trinajstić information content (AvgIpc) is 3.00. The Bertz CT molecular complexity index is 352. The van der Waals surface area contributed by atoms with Crippen LogP contribution in [0.25, 0.3) is 0 Å². The van der Waals surface area contributed by atoms with Gasteiger partial charge < -0.3 is 9.88 Å². The summed E-state index contributed by atoms with van der Waals surface area (Å²) >= 11 is 0. The van der Waals surface area contributed by atoms with E-state index in [1.54, 1.807) is 0 Å². The quantitative estimate of drug-likeness (QED) is 0.816. The van der Waals surface area contributed by atoms with Crippen LogP contribution in [0.3, 0.4) is 0 Å². The van der Waals surface area contributed by atoms with Gasteiger partial charge in [0, 0.05) is 36.8 Å². The van der Waals surface area contributed by atoms with Crippen LogP contribution < -0.4 is 5.32 Å².